The van der Waals surface area contributed by atoms with E-state index in [1.807, 2.05) is 18.2 Å². The van der Waals surface area contributed by atoms with Gasteiger partial charge in [-0.3, -0.25) is 4.79 Å². The Morgan fingerprint density at radius 2 is 1.92 bits per heavy atom. The number of carbonyl (C=O) groups is 1. The van der Waals surface area contributed by atoms with Crippen LogP contribution >= 0.6 is 11.8 Å². The Morgan fingerprint density at radius 3 is 2.54 bits per heavy atom. The second kappa shape index (κ2) is 7.71. The number of nitrogens with one attached hydrogen (secondary N) is 1. The SMILES string of the molecule is COc1ccc(C(C)(C)C)cc1NC(=O)CSc1ccccc1F. The zero-order chi connectivity index (χ0) is 17.7. The fourth-order valence-corrected chi connectivity index (χ4v) is 2.90. The monoisotopic (exact) mass is 347 g/mol. The molecular formula is C19H22FNO2S. The number of benzene rings is 2. The van der Waals surface area contributed by atoms with E-state index < -0.39 is 0 Å². The number of hydrogen-bond acceptors (Lipinski definition) is 3. The van der Waals surface area contributed by atoms with Crippen molar-refractivity contribution in [3.8, 4) is 5.75 Å². The van der Waals surface area contributed by atoms with E-state index in [2.05, 4.69) is 26.1 Å². The van der Waals surface area contributed by atoms with Crippen LogP contribution in [0.4, 0.5) is 10.1 Å². The molecule has 0 fully saturated rings. The van der Waals surface area contributed by atoms with E-state index in [1.165, 1.54) is 17.8 Å². The molecule has 0 aliphatic carbocycles. The van der Waals surface area contributed by atoms with Crippen LogP contribution in [0.25, 0.3) is 0 Å². The highest BCUT2D eigenvalue weighted by molar-refractivity contribution is 8.00. The quantitative estimate of drug-likeness (QED) is 0.785. The molecular weight excluding hydrogens is 325 g/mol. The lowest BCUT2D eigenvalue weighted by atomic mass is 9.87. The number of ether oxygens (including phenoxy) is 1. The molecule has 0 radical (unpaired) electrons. The summed E-state index contributed by atoms with van der Waals surface area (Å²) in [6, 6.07) is 12.2. The number of halogens is 1. The van der Waals surface area contributed by atoms with Gasteiger partial charge in [-0.2, -0.15) is 0 Å². The van der Waals surface area contributed by atoms with Crippen LogP contribution < -0.4 is 10.1 Å². The summed E-state index contributed by atoms with van der Waals surface area (Å²) in [6.45, 7) is 6.32. The van der Waals surface area contributed by atoms with Crippen molar-refractivity contribution >= 4 is 23.4 Å². The normalized spacial score (nSPS) is 11.2. The summed E-state index contributed by atoms with van der Waals surface area (Å²) in [7, 11) is 1.57. The summed E-state index contributed by atoms with van der Waals surface area (Å²) in [4.78, 5) is 12.7. The molecule has 2 aromatic rings. The fraction of sp³-hybridized carbons (Fsp3) is 0.316. The van der Waals surface area contributed by atoms with Crippen LogP contribution in [0, 0.1) is 5.82 Å². The van der Waals surface area contributed by atoms with Crippen molar-refractivity contribution in [1.82, 2.24) is 0 Å². The minimum atomic E-state index is -0.317. The van der Waals surface area contributed by atoms with Crippen LogP contribution in [0.3, 0.4) is 0 Å². The number of thioether (sulfide) groups is 1. The lowest BCUT2D eigenvalue weighted by Gasteiger charge is -2.21. The average Bonchev–Trinajstić information content (AvgIpc) is 2.53. The van der Waals surface area contributed by atoms with Crippen LogP contribution in [0.5, 0.6) is 5.75 Å². The first kappa shape index (κ1) is 18.3. The summed E-state index contributed by atoms with van der Waals surface area (Å²) in [6.07, 6.45) is 0. The Labute approximate surface area is 146 Å². The fourth-order valence-electron chi connectivity index (χ4n) is 2.16. The Balaban J connectivity index is 2.09. The third kappa shape index (κ3) is 4.74. The van der Waals surface area contributed by atoms with E-state index >= 15 is 0 Å². The summed E-state index contributed by atoms with van der Waals surface area (Å²) < 4.78 is 18.9. The van der Waals surface area contributed by atoms with Crippen molar-refractivity contribution in [2.45, 2.75) is 31.1 Å². The summed E-state index contributed by atoms with van der Waals surface area (Å²) in [5.74, 6) is 0.214. The van der Waals surface area contributed by atoms with Crippen LogP contribution in [0.2, 0.25) is 0 Å². The molecule has 0 aliphatic rings. The lowest BCUT2D eigenvalue weighted by molar-refractivity contribution is -0.113. The van der Waals surface area contributed by atoms with Crippen molar-refractivity contribution in [1.29, 1.82) is 0 Å². The van der Waals surface area contributed by atoms with Gasteiger partial charge in [-0.15, -0.1) is 11.8 Å². The van der Waals surface area contributed by atoms with Gasteiger partial charge < -0.3 is 10.1 Å². The third-order valence-electron chi connectivity index (χ3n) is 3.54. The molecule has 0 saturated heterocycles. The van der Waals surface area contributed by atoms with Gasteiger partial charge in [0.2, 0.25) is 5.91 Å². The van der Waals surface area contributed by atoms with Crippen molar-refractivity contribution in [3.05, 3.63) is 53.8 Å². The van der Waals surface area contributed by atoms with Gasteiger partial charge in [0, 0.05) is 4.90 Å². The molecule has 0 aromatic heterocycles. The van der Waals surface area contributed by atoms with Gasteiger partial charge in [0.05, 0.1) is 18.6 Å². The van der Waals surface area contributed by atoms with E-state index in [0.29, 0.717) is 16.3 Å². The Hall–Kier alpha value is -2.01. The van der Waals surface area contributed by atoms with Gasteiger partial charge in [0.15, 0.2) is 0 Å². The van der Waals surface area contributed by atoms with E-state index in [1.54, 1.807) is 25.3 Å². The predicted octanol–water partition coefficient (Wildman–Crippen LogP) is 4.86. The summed E-state index contributed by atoms with van der Waals surface area (Å²) >= 11 is 1.17. The molecule has 0 aliphatic heterocycles. The molecule has 24 heavy (non-hydrogen) atoms. The first-order chi connectivity index (χ1) is 11.3. The van der Waals surface area contributed by atoms with Gasteiger partial charge in [0.1, 0.15) is 11.6 Å². The maximum Gasteiger partial charge on any atom is 0.234 e. The Kier molecular flexibility index (Phi) is 5.89. The molecule has 0 spiro atoms. The van der Waals surface area contributed by atoms with Crippen LogP contribution in [0.1, 0.15) is 26.3 Å². The van der Waals surface area contributed by atoms with E-state index in [0.717, 1.165) is 5.56 Å². The molecule has 2 rings (SSSR count). The molecule has 0 heterocycles. The minimum Gasteiger partial charge on any atom is -0.495 e. The second-order valence-corrected chi connectivity index (χ2v) is 7.45. The molecule has 5 heteroatoms. The van der Waals surface area contributed by atoms with Crippen LogP contribution in [-0.4, -0.2) is 18.8 Å². The number of carbonyl (C=O) groups excluding carboxylic acids is 1. The second-order valence-electron chi connectivity index (χ2n) is 6.43. The van der Waals surface area contributed by atoms with Crippen LogP contribution in [-0.2, 0) is 10.2 Å². The maximum atomic E-state index is 13.6. The molecule has 2 aromatic carbocycles. The zero-order valence-corrected chi connectivity index (χ0v) is 15.2. The number of hydrogen-bond donors (Lipinski definition) is 1. The van der Waals surface area contributed by atoms with E-state index in [-0.39, 0.29) is 22.9 Å². The standard InChI is InChI=1S/C19H22FNO2S/c1-19(2,3)13-9-10-16(23-4)15(11-13)21-18(22)12-24-17-8-6-5-7-14(17)20/h5-11H,12H2,1-4H3,(H,21,22). The van der Waals surface area contributed by atoms with Gasteiger partial charge >= 0.3 is 0 Å². The van der Waals surface area contributed by atoms with Gasteiger partial charge in [0.25, 0.3) is 0 Å². The van der Waals surface area contributed by atoms with Gasteiger partial charge in [-0.25, -0.2) is 4.39 Å². The maximum absolute atomic E-state index is 13.6. The smallest absolute Gasteiger partial charge is 0.234 e. The third-order valence-corrected chi connectivity index (χ3v) is 4.58. The minimum absolute atomic E-state index is 0.0341. The molecule has 1 amide bonds. The highest BCUT2D eigenvalue weighted by Gasteiger charge is 2.17. The van der Waals surface area contributed by atoms with E-state index in [4.69, 9.17) is 4.74 Å². The van der Waals surface area contributed by atoms with Crippen LogP contribution in [0.15, 0.2) is 47.4 Å². The van der Waals surface area contributed by atoms with Crippen molar-refractivity contribution < 1.29 is 13.9 Å². The molecule has 0 atom stereocenters. The Bertz CT molecular complexity index is 726. The lowest BCUT2D eigenvalue weighted by Crippen LogP contribution is -2.17. The topological polar surface area (TPSA) is 38.3 Å². The highest BCUT2D eigenvalue weighted by Crippen LogP contribution is 2.31. The molecule has 0 unspecified atom stereocenters. The van der Waals surface area contributed by atoms with Gasteiger partial charge in [-0.1, -0.05) is 39.0 Å². The molecule has 0 bridgehead atoms. The molecule has 1 N–H and O–H groups in total. The zero-order valence-electron chi connectivity index (χ0n) is 14.4. The molecule has 0 saturated carbocycles. The summed E-state index contributed by atoms with van der Waals surface area (Å²) in [5, 5.41) is 2.86. The largest absolute Gasteiger partial charge is 0.495 e. The predicted molar refractivity (Wildman–Crippen MR) is 97.4 cm³/mol. The number of amides is 1. The number of rotatable bonds is 5. The van der Waals surface area contributed by atoms with Crippen molar-refractivity contribution in [3.63, 3.8) is 0 Å². The first-order valence-corrected chi connectivity index (χ1v) is 8.65. The van der Waals surface area contributed by atoms with Gasteiger partial charge in [-0.05, 0) is 35.2 Å². The average molecular weight is 347 g/mol. The number of anilines is 1. The Morgan fingerprint density at radius 1 is 1.21 bits per heavy atom. The van der Waals surface area contributed by atoms with Crippen molar-refractivity contribution in [2.75, 3.05) is 18.2 Å². The molecule has 128 valence electrons. The summed E-state index contributed by atoms with van der Waals surface area (Å²) in [5.41, 5.74) is 1.69. The van der Waals surface area contributed by atoms with E-state index in [9.17, 15) is 9.18 Å². The highest BCUT2D eigenvalue weighted by atomic mass is 32.2. The number of methoxy groups -OCH3 is 1. The molecule has 3 nitrogen and oxygen atoms in total. The first-order valence-electron chi connectivity index (χ1n) is 7.67. The van der Waals surface area contributed by atoms with Crippen molar-refractivity contribution in [2.24, 2.45) is 0 Å².